The molecular weight excluding hydrogens is 264 g/mol. The minimum Gasteiger partial charge on any atom is -0.497 e. The van der Waals surface area contributed by atoms with Crippen LogP contribution in [0.3, 0.4) is 0 Å². The van der Waals surface area contributed by atoms with Crippen LogP contribution in [0.15, 0.2) is 30.3 Å². The van der Waals surface area contributed by atoms with E-state index in [4.69, 9.17) is 4.74 Å². The Balaban J connectivity index is 1.78. The second kappa shape index (κ2) is 6.97. The van der Waals surface area contributed by atoms with Gasteiger partial charge < -0.3 is 15.0 Å². The van der Waals surface area contributed by atoms with E-state index in [2.05, 4.69) is 16.4 Å². The highest BCUT2D eigenvalue weighted by Crippen LogP contribution is 2.13. The molecule has 1 aromatic heterocycles. The van der Waals surface area contributed by atoms with Gasteiger partial charge in [-0.25, -0.2) is 0 Å². The van der Waals surface area contributed by atoms with E-state index in [9.17, 15) is 4.79 Å². The molecule has 2 N–H and O–H groups in total. The first-order valence-corrected chi connectivity index (χ1v) is 7.13. The fraction of sp³-hybridized carbons (Fsp3) is 0.353. The second-order valence-corrected chi connectivity index (χ2v) is 5.23. The summed E-state index contributed by atoms with van der Waals surface area (Å²) in [4.78, 5) is 15.1. The molecule has 0 fully saturated rings. The van der Waals surface area contributed by atoms with Crippen molar-refractivity contribution in [3.05, 3.63) is 52.8 Å². The highest BCUT2D eigenvalue weighted by molar-refractivity contribution is 5.76. The largest absolute Gasteiger partial charge is 0.497 e. The van der Waals surface area contributed by atoms with Gasteiger partial charge in [0.25, 0.3) is 0 Å². The summed E-state index contributed by atoms with van der Waals surface area (Å²) in [5.74, 6) is 0.908. The number of carbonyl (C=O) groups is 1. The summed E-state index contributed by atoms with van der Waals surface area (Å²) in [7, 11) is 1.65. The van der Waals surface area contributed by atoms with Crippen molar-refractivity contribution >= 4 is 5.91 Å². The molecule has 4 heteroatoms. The highest BCUT2D eigenvalue weighted by atomic mass is 16.5. The van der Waals surface area contributed by atoms with E-state index in [1.165, 1.54) is 0 Å². The van der Waals surface area contributed by atoms with Gasteiger partial charge in [-0.15, -0.1) is 0 Å². The average Bonchev–Trinajstić information content (AvgIpc) is 2.81. The number of hydrogen-bond acceptors (Lipinski definition) is 2. The zero-order valence-corrected chi connectivity index (χ0v) is 12.8. The molecule has 2 rings (SSSR count). The van der Waals surface area contributed by atoms with Crippen LogP contribution in [0, 0.1) is 13.8 Å². The highest BCUT2D eigenvalue weighted by Gasteiger charge is 2.05. The molecule has 1 amide bonds. The van der Waals surface area contributed by atoms with E-state index in [-0.39, 0.29) is 5.91 Å². The molecule has 0 unspecified atom stereocenters. The van der Waals surface area contributed by atoms with Crippen LogP contribution in [0.5, 0.6) is 5.75 Å². The lowest BCUT2D eigenvalue weighted by molar-refractivity contribution is -0.121. The first-order chi connectivity index (χ1) is 10.1. The third-order valence-electron chi connectivity index (χ3n) is 3.53. The molecule has 21 heavy (non-hydrogen) atoms. The Morgan fingerprint density at radius 3 is 2.52 bits per heavy atom. The monoisotopic (exact) mass is 286 g/mol. The lowest BCUT2D eigenvalue weighted by atomic mass is 10.1. The Hall–Kier alpha value is -2.23. The summed E-state index contributed by atoms with van der Waals surface area (Å²) in [6.45, 7) is 4.62. The number of aromatic amines is 1. The number of aromatic nitrogens is 1. The molecule has 1 aromatic carbocycles. The Kier molecular flexibility index (Phi) is 5.04. The van der Waals surface area contributed by atoms with E-state index in [0.29, 0.717) is 13.0 Å². The minimum atomic E-state index is 0.0732. The van der Waals surface area contributed by atoms with Crippen molar-refractivity contribution in [3.8, 4) is 5.75 Å². The third-order valence-corrected chi connectivity index (χ3v) is 3.53. The molecule has 0 radical (unpaired) electrons. The third kappa shape index (κ3) is 4.38. The summed E-state index contributed by atoms with van der Waals surface area (Å²) in [5.41, 5.74) is 4.52. The number of ether oxygens (including phenoxy) is 1. The SMILES string of the molecule is COc1ccc(CCC(=O)NCc2cc(C)[nH]c2C)cc1. The molecule has 4 nitrogen and oxygen atoms in total. The first-order valence-electron chi connectivity index (χ1n) is 7.13. The number of H-pyrrole nitrogens is 1. The topological polar surface area (TPSA) is 54.1 Å². The van der Waals surface area contributed by atoms with Gasteiger partial charge in [-0.1, -0.05) is 12.1 Å². The number of rotatable bonds is 6. The molecule has 2 aromatic rings. The van der Waals surface area contributed by atoms with Gasteiger partial charge in [0, 0.05) is 24.4 Å². The van der Waals surface area contributed by atoms with Gasteiger partial charge in [0.05, 0.1) is 7.11 Å². The number of benzene rings is 1. The van der Waals surface area contributed by atoms with Gasteiger partial charge >= 0.3 is 0 Å². The van der Waals surface area contributed by atoms with Crippen molar-refractivity contribution in [3.63, 3.8) is 0 Å². The summed E-state index contributed by atoms with van der Waals surface area (Å²) in [5, 5.41) is 2.96. The van der Waals surface area contributed by atoms with E-state index in [1.807, 2.05) is 38.1 Å². The number of nitrogens with one attached hydrogen (secondary N) is 2. The van der Waals surface area contributed by atoms with Gasteiger partial charge in [0.2, 0.25) is 5.91 Å². The number of methoxy groups -OCH3 is 1. The van der Waals surface area contributed by atoms with Gasteiger partial charge in [-0.05, 0) is 49.6 Å². The molecule has 0 spiro atoms. The Morgan fingerprint density at radius 1 is 1.24 bits per heavy atom. The second-order valence-electron chi connectivity index (χ2n) is 5.23. The van der Waals surface area contributed by atoms with Crippen LogP contribution in [0.4, 0.5) is 0 Å². The zero-order valence-electron chi connectivity index (χ0n) is 12.8. The summed E-state index contributed by atoms with van der Waals surface area (Å²) < 4.78 is 5.11. The molecule has 1 heterocycles. The van der Waals surface area contributed by atoms with Crippen LogP contribution in [0.2, 0.25) is 0 Å². The molecule has 0 aliphatic heterocycles. The number of hydrogen-bond donors (Lipinski definition) is 2. The number of amides is 1. The minimum absolute atomic E-state index is 0.0732. The van der Waals surface area contributed by atoms with Crippen molar-refractivity contribution in [2.75, 3.05) is 7.11 Å². The zero-order chi connectivity index (χ0) is 15.2. The summed E-state index contributed by atoms with van der Waals surface area (Å²) in [6.07, 6.45) is 1.23. The van der Waals surface area contributed by atoms with Crippen LogP contribution < -0.4 is 10.1 Å². The van der Waals surface area contributed by atoms with E-state index in [0.717, 1.165) is 34.7 Å². The number of aryl methyl sites for hydroxylation is 3. The Labute approximate surface area is 125 Å². The summed E-state index contributed by atoms with van der Waals surface area (Å²) in [6, 6.07) is 9.88. The maximum atomic E-state index is 11.9. The van der Waals surface area contributed by atoms with Gasteiger partial charge in [-0.3, -0.25) is 4.79 Å². The fourth-order valence-electron chi connectivity index (χ4n) is 2.30. The van der Waals surface area contributed by atoms with Gasteiger partial charge in [0.1, 0.15) is 5.75 Å². The molecule has 112 valence electrons. The molecule has 0 saturated heterocycles. The van der Waals surface area contributed by atoms with Crippen molar-refractivity contribution in [2.24, 2.45) is 0 Å². The van der Waals surface area contributed by atoms with E-state index < -0.39 is 0 Å². The van der Waals surface area contributed by atoms with Crippen LogP contribution in [-0.4, -0.2) is 18.0 Å². The van der Waals surface area contributed by atoms with Crippen molar-refractivity contribution in [1.82, 2.24) is 10.3 Å². The van der Waals surface area contributed by atoms with Crippen molar-refractivity contribution in [1.29, 1.82) is 0 Å². The predicted molar refractivity (Wildman–Crippen MR) is 83.4 cm³/mol. The smallest absolute Gasteiger partial charge is 0.220 e. The lowest BCUT2D eigenvalue weighted by Crippen LogP contribution is -2.23. The molecule has 0 saturated carbocycles. The average molecular weight is 286 g/mol. The quantitative estimate of drug-likeness (QED) is 0.858. The normalized spacial score (nSPS) is 10.4. The lowest BCUT2D eigenvalue weighted by Gasteiger charge is -2.06. The molecule has 0 aliphatic carbocycles. The van der Waals surface area contributed by atoms with Gasteiger partial charge in [-0.2, -0.15) is 0 Å². The summed E-state index contributed by atoms with van der Waals surface area (Å²) >= 11 is 0. The predicted octanol–water partition coefficient (Wildman–Crippen LogP) is 2.89. The fourth-order valence-corrected chi connectivity index (χ4v) is 2.30. The van der Waals surface area contributed by atoms with Crippen LogP contribution in [0.1, 0.15) is 28.9 Å². The molecular formula is C17H22N2O2. The maximum absolute atomic E-state index is 11.9. The van der Waals surface area contributed by atoms with Crippen molar-refractivity contribution in [2.45, 2.75) is 33.2 Å². The van der Waals surface area contributed by atoms with E-state index in [1.54, 1.807) is 7.11 Å². The standard InChI is InChI=1S/C17H22N2O2/c1-12-10-15(13(2)19-12)11-18-17(20)9-6-14-4-7-16(21-3)8-5-14/h4-5,7-8,10,19H,6,9,11H2,1-3H3,(H,18,20). The Bertz CT molecular complexity index is 600. The van der Waals surface area contributed by atoms with E-state index >= 15 is 0 Å². The van der Waals surface area contributed by atoms with Gasteiger partial charge in [0.15, 0.2) is 0 Å². The van der Waals surface area contributed by atoms with Crippen LogP contribution in [-0.2, 0) is 17.8 Å². The molecule has 0 aliphatic rings. The van der Waals surface area contributed by atoms with Crippen molar-refractivity contribution < 1.29 is 9.53 Å². The van der Waals surface area contributed by atoms with Crippen LogP contribution >= 0.6 is 0 Å². The Morgan fingerprint density at radius 2 is 1.95 bits per heavy atom. The molecule has 0 bridgehead atoms. The number of carbonyl (C=O) groups excluding carboxylic acids is 1. The molecule has 0 atom stereocenters. The first kappa shape index (κ1) is 15.2. The van der Waals surface area contributed by atoms with Crippen LogP contribution in [0.25, 0.3) is 0 Å². The maximum Gasteiger partial charge on any atom is 0.220 e.